The summed E-state index contributed by atoms with van der Waals surface area (Å²) in [6.45, 7) is -0.00399. The van der Waals surface area contributed by atoms with Gasteiger partial charge in [0.1, 0.15) is 18.3 Å². The fraction of sp³-hybridized carbons (Fsp3) is 0.306. The highest BCUT2D eigenvalue weighted by Gasteiger charge is 2.57. The Morgan fingerprint density at radius 2 is 0.906 bits per heavy atom. The lowest BCUT2D eigenvalue weighted by Gasteiger charge is -2.45. The molecule has 5 aromatic carbocycles. The Balaban J connectivity index is 1.09. The van der Waals surface area contributed by atoms with Gasteiger partial charge in [0.05, 0.1) is 43.1 Å². The number of ether oxygens (including phenoxy) is 11. The summed E-state index contributed by atoms with van der Waals surface area (Å²) in [4.78, 5) is 54.2. The Kier molecular flexibility index (Phi) is 14.7. The van der Waals surface area contributed by atoms with Crippen molar-refractivity contribution in [2.75, 3.05) is 20.3 Å². The number of esters is 3. The van der Waals surface area contributed by atoms with Crippen LogP contribution in [0.2, 0.25) is 0 Å². The predicted molar refractivity (Wildman–Crippen MR) is 223 cm³/mol. The first-order chi connectivity index (χ1) is 31.3. The van der Waals surface area contributed by atoms with E-state index < -0.39 is 92.1 Å². The maximum absolute atomic E-state index is 13.9. The second-order valence-electron chi connectivity index (χ2n) is 15.0. The molecule has 0 bridgehead atoms. The highest BCUT2D eigenvalue weighted by Crippen LogP contribution is 2.36. The first-order valence-corrected chi connectivity index (χ1v) is 20.7. The lowest BCUT2D eigenvalue weighted by molar-refractivity contribution is -0.321. The minimum atomic E-state index is -1.53. The molecular weight excluding hydrogens is 829 g/mol. The third kappa shape index (κ3) is 10.8. The van der Waals surface area contributed by atoms with Crippen LogP contribution in [0.25, 0.3) is 0 Å². The number of benzene rings is 5. The number of carbonyl (C=O) groups is 4. The van der Waals surface area contributed by atoms with E-state index in [4.69, 9.17) is 52.1 Å². The maximum atomic E-state index is 13.9. The molecule has 0 spiro atoms. The van der Waals surface area contributed by atoms with E-state index in [2.05, 4.69) is 0 Å². The molecule has 10 atom stereocenters. The molecule has 3 saturated heterocycles. The van der Waals surface area contributed by atoms with Crippen LogP contribution >= 0.6 is 0 Å². The average Bonchev–Trinajstić information content (AvgIpc) is 3.74. The van der Waals surface area contributed by atoms with Crippen LogP contribution in [-0.2, 0) is 65.3 Å². The SMILES string of the molecule is CO[C@H]1O[C@H](CO[C@H]2O[C@H](COCc3ccccc3)[C@@H](OCc3ccccc3)[C@@H]3OC(=O)O[C@@H]23)[C@@H](OC(=O)c2ccccc2)[C@H](OC(=O)c2ccccc2)[C@H]1OC(=O)c1ccccc1. The van der Waals surface area contributed by atoms with E-state index in [9.17, 15) is 19.2 Å². The molecule has 15 nitrogen and oxygen atoms in total. The number of fused-ring (bicyclic) bond motifs is 1. The molecule has 8 rings (SSSR count). The molecule has 15 heteroatoms. The van der Waals surface area contributed by atoms with Gasteiger partial charge in [0, 0.05) is 7.11 Å². The van der Waals surface area contributed by atoms with Crippen molar-refractivity contribution in [3.63, 3.8) is 0 Å². The second kappa shape index (κ2) is 21.3. The summed E-state index contributed by atoms with van der Waals surface area (Å²) in [5, 5.41) is 0. The third-order valence-electron chi connectivity index (χ3n) is 10.7. The van der Waals surface area contributed by atoms with Crippen molar-refractivity contribution in [2.45, 2.75) is 74.6 Å². The lowest BCUT2D eigenvalue weighted by atomic mass is 9.97. The first-order valence-electron chi connectivity index (χ1n) is 20.7. The van der Waals surface area contributed by atoms with Gasteiger partial charge in [-0.25, -0.2) is 19.2 Å². The van der Waals surface area contributed by atoms with Crippen LogP contribution in [0.4, 0.5) is 4.79 Å². The largest absolute Gasteiger partial charge is 0.509 e. The zero-order valence-electron chi connectivity index (χ0n) is 34.7. The number of carbonyl (C=O) groups excluding carboxylic acids is 4. The molecule has 0 unspecified atom stereocenters. The van der Waals surface area contributed by atoms with Crippen molar-refractivity contribution in [3.05, 3.63) is 179 Å². The van der Waals surface area contributed by atoms with Crippen LogP contribution in [0.5, 0.6) is 0 Å². The van der Waals surface area contributed by atoms with Crippen molar-refractivity contribution >= 4 is 24.1 Å². The molecular formula is C49H46O15. The molecule has 3 heterocycles. The molecule has 3 aliphatic heterocycles. The van der Waals surface area contributed by atoms with Crippen LogP contribution in [0, 0.1) is 0 Å². The second-order valence-corrected chi connectivity index (χ2v) is 15.0. The van der Waals surface area contributed by atoms with E-state index in [1.54, 1.807) is 91.0 Å². The Labute approximate surface area is 368 Å². The molecule has 0 saturated carbocycles. The summed E-state index contributed by atoms with van der Waals surface area (Å²) >= 11 is 0. The average molecular weight is 875 g/mol. The monoisotopic (exact) mass is 874 g/mol. The quantitative estimate of drug-likeness (QED) is 0.0734. The standard InChI is InChI=1S/C49H46O15/c1-54-47-42(62-46(52)35-25-15-6-16-26-35)41(61-45(51)34-23-13-5-14-24-34)39(60-44(50)33-21-11-4-12-22-33)37(58-47)30-57-48-43-40(63-49(53)64-43)38(56-28-32-19-9-3-10-20-32)36(59-48)29-55-27-31-17-7-2-8-18-31/h2-26,36-43,47-48H,27-30H2,1H3/t36-,37-,38-,39-,40+,41+,42-,43-,47+,48+/m1/s1. The van der Waals surface area contributed by atoms with Gasteiger partial charge in [0.25, 0.3) is 0 Å². The molecule has 0 radical (unpaired) electrons. The van der Waals surface area contributed by atoms with Crippen molar-refractivity contribution < 1.29 is 71.3 Å². The van der Waals surface area contributed by atoms with Gasteiger partial charge < -0.3 is 52.1 Å². The number of rotatable bonds is 17. The van der Waals surface area contributed by atoms with E-state index >= 15 is 0 Å². The first kappa shape index (κ1) is 44.2. The van der Waals surface area contributed by atoms with Crippen LogP contribution in [-0.4, -0.2) is 106 Å². The molecule has 3 fully saturated rings. The van der Waals surface area contributed by atoms with Gasteiger partial charge in [-0.15, -0.1) is 0 Å². The highest BCUT2D eigenvalue weighted by molar-refractivity contribution is 5.91. The smallest absolute Gasteiger partial charge is 0.452 e. The normalized spacial score (nSPS) is 26.1. The van der Waals surface area contributed by atoms with Gasteiger partial charge in [-0.3, -0.25) is 0 Å². The minimum absolute atomic E-state index is 0.00391. The van der Waals surface area contributed by atoms with Crippen LogP contribution in [0.15, 0.2) is 152 Å². The van der Waals surface area contributed by atoms with E-state index in [0.717, 1.165) is 11.1 Å². The van der Waals surface area contributed by atoms with Gasteiger partial charge in [-0.05, 0) is 47.5 Å². The molecule has 5 aromatic rings. The van der Waals surface area contributed by atoms with E-state index in [0.29, 0.717) is 0 Å². The summed E-state index contributed by atoms with van der Waals surface area (Å²) < 4.78 is 67.1. The van der Waals surface area contributed by atoms with Crippen molar-refractivity contribution in [1.82, 2.24) is 0 Å². The predicted octanol–water partition coefficient (Wildman–Crippen LogP) is 6.48. The van der Waals surface area contributed by atoms with Gasteiger partial charge in [0.2, 0.25) is 0 Å². The number of hydrogen-bond donors (Lipinski definition) is 0. The summed E-state index contributed by atoms with van der Waals surface area (Å²) in [5.41, 5.74) is 2.34. The fourth-order valence-corrected chi connectivity index (χ4v) is 7.58. The highest BCUT2D eigenvalue weighted by atomic mass is 16.8. The van der Waals surface area contributed by atoms with Crippen LogP contribution in [0.1, 0.15) is 42.2 Å². The van der Waals surface area contributed by atoms with Gasteiger partial charge in [-0.2, -0.15) is 0 Å². The van der Waals surface area contributed by atoms with Crippen molar-refractivity contribution in [3.8, 4) is 0 Å². The molecule has 3 aliphatic rings. The van der Waals surface area contributed by atoms with E-state index in [1.165, 1.54) is 7.11 Å². The summed E-state index contributed by atoms with van der Waals surface area (Å²) in [7, 11) is 1.32. The minimum Gasteiger partial charge on any atom is -0.452 e. The Hall–Kier alpha value is -6.46. The maximum Gasteiger partial charge on any atom is 0.509 e. The molecule has 332 valence electrons. The summed E-state index contributed by atoms with van der Waals surface area (Å²) in [6.07, 6.45) is -13.2. The summed E-state index contributed by atoms with van der Waals surface area (Å²) in [5.74, 6) is -2.39. The zero-order chi connectivity index (χ0) is 44.3. The van der Waals surface area contributed by atoms with E-state index in [-0.39, 0.29) is 36.5 Å². The topological polar surface area (TPSA) is 170 Å². The van der Waals surface area contributed by atoms with Gasteiger partial charge in [-0.1, -0.05) is 115 Å². The lowest BCUT2D eigenvalue weighted by Crippen LogP contribution is -2.64. The Morgan fingerprint density at radius 3 is 1.44 bits per heavy atom. The molecule has 64 heavy (non-hydrogen) atoms. The van der Waals surface area contributed by atoms with Crippen molar-refractivity contribution in [1.29, 1.82) is 0 Å². The zero-order valence-corrected chi connectivity index (χ0v) is 34.7. The Bertz CT molecular complexity index is 2280. The van der Waals surface area contributed by atoms with Crippen LogP contribution in [0.3, 0.4) is 0 Å². The molecule has 0 aliphatic carbocycles. The molecule has 0 aromatic heterocycles. The van der Waals surface area contributed by atoms with E-state index in [1.807, 2.05) is 60.7 Å². The van der Waals surface area contributed by atoms with Gasteiger partial charge in [0.15, 0.2) is 43.1 Å². The van der Waals surface area contributed by atoms with Crippen molar-refractivity contribution in [2.24, 2.45) is 0 Å². The Morgan fingerprint density at radius 1 is 0.469 bits per heavy atom. The third-order valence-corrected chi connectivity index (χ3v) is 10.7. The number of hydrogen-bond acceptors (Lipinski definition) is 15. The molecule has 0 N–H and O–H groups in total. The fourth-order valence-electron chi connectivity index (χ4n) is 7.58. The summed E-state index contributed by atoms with van der Waals surface area (Å²) in [6, 6.07) is 43.5. The molecule has 0 amide bonds. The van der Waals surface area contributed by atoms with Gasteiger partial charge >= 0.3 is 24.1 Å². The van der Waals surface area contributed by atoms with Crippen LogP contribution < -0.4 is 0 Å². The number of methoxy groups -OCH3 is 1.